The predicted molar refractivity (Wildman–Crippen MR) is 56.0 cm³/mol. The largest absolute Gasteiger partial charge is 0.480 e. The highest BCUT2D eigenvalue weighted by atomic mass is 19.4. The number of hydrogen-bond acceptors (Lipinski definition) is 3. The van der Waals surface area contributed by atoms with Crippen molar-refractivity contribution in [3.05, 3.63) is 0 Å². The highest BCUT2D eigenvalue weighted by Crippen LogP contribution is 2.28. The number of halogens is 3. The Labute approximate surface area is 106 Å². The zero-order valence-electron chi connectivity index (χ0n) is 9.95. The Hall–Kier alpha value is -1.80. The molecule has 0 aromatic rings. The maximum absolute atomic E-state index is 12.4. The van der Waals surface area contributed by atoms with Crippen LogP contribution in [0.3, 0.4) is 0 Å². The van der Waals surface area contributed by atoms with E-state index in [4.69, 9.17) is 5.11 Å². The molecule has 19 heavy (non-hydrogen) atoms. The lowest BCUT2D eigenvalue weighted by molar-refractivity contribution is -0.171. The fourth-order valence-electron chi connectivity index (χ4n) is 1.68. The first-order chi connectivity index (χ1) is 8.62. The van der Waals surface area contributed by atoms with Crippen molar-refractivity contribution in [2.75, 3.05) is 0 Å². The molecule has 1 rings (SSSR count). The molecule has 0 unspecified atom stereocenters. The monoisotopic (exact) mass is 282 g/mol. The van der Waals surface area contributed by atoms with E-state index in [1.165, 1.54) is 6.92 Å². The van der Waals surface area contributed by atoms with E-state index in [1.807, 2.05) is 0 Å². The second-order valence-electron chi connectivity index (χ2n) is 4.30. The van der Waals surface area contributed by atoms with Crippen molar-refractivity contribution in [3.8, 4) is 0 Å². The van der Waals surface area contributed by atoms with E-state index in [2.05, 4.69) is 5.32 Å². The molecule has 1 aliphatic heterocycles. The van der Waals surface area contributed by atoms with Gasteiger partial charge in [0.05, 0.1) is 0 Å². The minimum Gasteiger partial charge on any atom is -0.480 e. The van der Waals surface area contributed by atoms with E-state index in [0.29, 0.717) is 0 Å². The van der Waals surface area contributed by atoms with Crippen LogP contribution in [0.2, 0.25) is 0 Å². The van der Waals surface area contributed by atoms with Crippen LogP contribution in [0, 0.1) is 5.92 Å². The first kappa shape index (κ1) is 15.3. The van der Waals surface area contributed by atoms with Crippen molar-refractivity contribution in [2.45, 2.75) is 38.0 Å². The van der Waals surface area contributed by atoms with Gasteiger partial charge in [0.25, 0.3) is 0 Å². The topological polar surface area (TPSA) is 95.5 Å². The van der Waals surface area contributed by atoms with Gasteiger partial charge in [0.2, 0.25) is 11.8 Å². The number of carboxylic acids is 1. The lowest BCUT2D eigenvalue weighted by Gasteiger charge is -2.30. The van der Waals surface area contributed by atoms with Gasteiger partial charge >= 0.3 is 12.1 Å². The number of rotatable bonds is 3. The molecule has 0 aromatic heterocycles. The number of aliphatic carboxylic acids is 1. The average Bonchev–Trinajstić information content (AvgIpc) is 2.27. The third kappa shape index (κ3) is 3.83. The minimum atomic E-state index is -4.55. The van der Waals surface area contributed by atoms with Gasteiger partial charge < -0.3 is 15.7 Å². The molecule has 6 nitrogen and oxygen atoms in total. The molecule has 1 heterocycles. The number of carboxylic acid groups (broad SMARTS) is 1. The summed E-state index contributed by atoms with van der Waals surface area (Å²) in [7, 11) is 0. The van der Waals surface area contributed by atoms with Gasteiger partial charge in [0, 0.05) is 0 Å². The lowest BCUT2D eigenvalue weighted by Crippen LogP contribution is -2.55. The standard InChI is InChI=1S/C10H13F3N2O4/c1-4(9(18)19)14-7(16)5-2-3-6(10(11,12)13)15-8(5)17/h4-6H,2-3H2,1H3,(H,14,16)(H,15,17)(H,18,19)/t4-,5+,6-/m0/s1. The molecule has 2 amide bonds. The van der Waals surface area contributed by atoms with E-state index in [9.17, 15) is 27.6 Å². The van der Waals surface area contributed by atoms with Crippen LogP contribution in [0.15, 0.2) is 0 Å². The zero-order valence-corrected chi connectivity index (χ0v) is 9.95. The van der Waals surface area contributed by atoms with Gasteiger partial charge in [-0.05, 0) is 19.8 Å². The third-order valence-electron chi connectivity index (χ3n) is 2.82. The van der Waals surface area contributed by atoms with Gasteiger partial charge in [-0.1, -0.05) is 0 Å². The normalized spacial score (nSPS) is 25.4. The smallest absolute Gasteiger partial charge is 0.408 e. The molecule has 0 bridgehead atoms. The molecule has 9 heteroatoms. The summed E-state index contributed by atoms with van der Waals surface area (Å²) >= 11 is 0. The van der Waals surface area contributed by atoms with Crippen LogP contribution < -0.4 is 10.6 Å². The molecule has 1 saturated heterocycles. The van der Waals surface area contributed by atoms with Crippen molar-refractivity contribution in [1.29, 1.82) is 0 Å². The fraction of sp³-hybridized carbons (Fsp3) is 0.700. The van der Waals surface area contributed by atoms with Crippen molar-refractivity contribution in [1.82, 2.24) is 10.6 Å². The Morgan fingerprint density at radius 2 is 2.00 bits per heavy atom. The van der Waals surface area contributed by atoms with Crippen LogP contribution in [-0.4, -0.2) is 41.2 Å². The molecular weight excluding hydrogens is 269 g/mol. The van der Waals surface area contributed by atoms with Crippen LogP contribution in [0.25, 0.3) is 0 Å². The van der Waals surface area contributed by atoms with E-state index >= 15 is 0 Å². The Morgan fingerprint density at radius 1 is 1.42 bits per heavy atom. The number of piperidine rings is 1. The van der Waals surface area contributed by atoms with Crippen LogP contribution in [-0.2, 0) is 14.4 Å². The van der Waals surface area contributed by atoms with Crippen molar-refractivity contribution in [3.63, 3.8) is 0 Å². The molecule has 0 spiro atoms. The molecule has 0 radical (unpaired) electrons. The second-order valence-corrected chi connectivity index (χ2v) is 4.30. The molecule has 0 aliphatic carbocycles. The maximum atomic E-state index is 12.4. The van der Waals surface area contributed by atoms with Gasteiger partial charge in [-0.25, -0.2) is 0 Å². The van der Waals surface area contributed by atoms with E-state index < -0.39 is 48.4 Å². The summed E-state index contributed by atoms with van der Waals surface area (Å²) in [6.07, 6.45) is -5.23. The predicted octanol–water partition coefficient (Wildman–Crippen LogP) is 0.0328. The Morgan fingerprint density at radius 3 is 2.42 bits per heavy atom. The average molecular weight is 282 g/mol. The quantitative estimate of drug-likeness (QED) is 0.636. The molecule has 108 valence electrons. The number of alkyl halides is 3. The Kier molecular flexibility index (Phi) is 4.38. The third-order valence-corrected chi connectivity index (χ3v) is 2.82. The summed E-state index contributed by atoms with van der Waals surface area (Å²) in [5.41, 5.74) is 0. The zero-order chi connectivity index (χ0) is 14.8. The van der Waals surface area contributed by atoms with E-state index in [0.717, 1.165) is 0 Å². The fourth-order valence-corrected chi connectivity index (χ4v) is 1.68. The van der Waals surface area contributed by atoms with Crippen LogP contribution in [0.1, 0.15) is 19.8 Å². The summed E-state index contributed by atoms with van der Waals surface area (Å²) in [6.45, 7) is 1.19. The first-order valence-corrected chi connectivity index (χ1v) is 5.53. The molecule has 1 fully saturated rings. The summed E-state index contributed by atoms with van der Waals surface area (Å²) in [5.74, 6) is -4.50. The van der Waals surface area contributed by atoms with Crippen molar-refractivity contribution < 1.29 is 32.7 Å². The summed E-state index contributed by atoms with van der Waals surface area (Å²) in [4.78, 5) is 33.5. The van der Waals surface area contributed by atoms with Gasteiger partial charge in [0.1, 0.15) is 18.0 Å². The highest BCUT2D eigenvalue weighted by molar-refractivity contribution is 6.01. The number of nitrogens with one attached hydrogen (secondary N) is 2. The maximum Gasteiger partial charge on any atom is 0.408 e. The Bertz CT molecular complexity index is 397. The SMILES string of the molecule is C[C@H](NC(=O)[C@H]1CC[C@@H](C(F)(F)F)NC1=O)C(=O)O. The molecule has 3 atom stereocenters. The molecule has 3 N–H and O–H groups in total. The summed E-state index contributed by atoms with van der Waals surface area (Å²) < 4.78 is 37.1. The summed E-state index contributed by atoms with van der Waals surface area (Å²) in [6, 6.07) is -3.17. The number of amides is 2. The van der Waals surface area contributed by atoms with Crippen molar-refractivity contribution >= 4 is 17.8 Å². The first-order valence-electron chi connectivity index (χ1n) is 5.53. The van der Waals surface area contributed by atoms with Crippen molar-refractivity contribution in [2.24, 2.45) is 5.92 Å². The second kappa shape index (κ2) is 5.45. The van der Waals surface area contributed by atoms with Crippen LogP contribution in [0.5, 0.6) is 0 Å². The number of carbonyl (C=O) groups excluding carboxylic acids is 2. The van der Waals surface area contributed by atoms with Crippen LogP contribution in [0.4, 0.5) is 13.2 Å². The lowest BCUT2D eigenvalue weighted by atomic mass is 9.92. The number of hydrogen-bond donors (Lipinski definition) is 3. The van der Waals surface area contributed by atoms with Crippen LogP contribution >= 0.6 is 0 Å². The molecule has 0 saturated carbocycles. The molecule has 1 aliphatic rings. The van der Waals surface area contributed by atoms with Gasteiger partial charge in [-0.15, -0.1) is 0 Å². The van der Waals surface area contributed by atoms with Gasteiger partial charge in [0.15, 0.2) is 0 Å². The van der Waals surface area contributed by atoms with Gasteiger partial charge in [-0.3, -0.25) is 14.4 Å². The van der Waals surface area contributed by atoms with E-state index in [1.54, 1.807) is 5.32 Å². The molecular formula is C10H13F3N2O4. The van der Waals surface area contributed by atoms with Gasteiger partial charge in [-0.2, -0.15) is 13.2 Å². The van der Waals surface area contributed by atoms with E-state index in [-0.39, 0.29) is 6.42 Å². The Balaban J connectivity index is 2.61. The minimum absolute atomic E-state index is 0.270. The number of carbonyl (C=O) groups is 3. The summed E-state index contributed by atoms with van der Waals surface area (Å²) in [5, 5.41) is 12.3. The molecule has 0 aromatic carbocycles. The highest BCUT2D eigenvalue weighted by Gasteiger charge is 2.46.